The van der Waals surface area contributed by atoms with E-state index in [4.69, 9.17) is 0 Å². The van der Waals surface area contributed by atoms with Crippen LogP contribution in [0.2, 0.25) is 0 Å². The SMILES string of the molecule is CCCNC1CCC(C)CC1CN(CCC)CCN(C)C. The Morgan fingerprint density at radius 1 is 1.00 bits per heavy atom. The van der Waals surface area contributed by atoms with Gasteiger partial charge in [-0.3, -0.25) is 0 Å². The Morgan fingerprint density at radius 2 is 1.76 bits per heavy atom. The molecule has 1 aliphatic carbocycles. The predicted molar refractivity (Wildman–Crippen MR) is 93.9 cm³/mol. The molecule has 0 aliphatic heterocycles. The molecule has 21 heavy (non-hydrogen) atoms. The number of hydrogen-bond donors (Lipinski definition) is 1. The van der Waals surface area contributed by atoms with Crippen molar-refractivity contribution in [2.24, 2.45) is 11.8 Å². The summed E-state index contributed by atoms with van der Waals surface area (Å²) in [5, 5.41) is 3.82. The first-order valence-corrected chi connectivity index (χ1v) is 9.17. The number of nitrogens with zero attached hydrogens (tertiary/aromatic N) is 2. The van der Waals surface area contributed by atoms with E-state index in [1.807, 2.05) is 0 Å². The molecular formula is C18H39N3. The molecule has 1 rings (SSSR count). The second-order valence-electron chi connectivity index (χ2n) is 7.34. The lowest BCUT2D eigenvalue weighted by Crippen LogP contribution is -2.47. The molecule has 1 N–H and O–H groups in total. The summed E-state index contributed by atoms with van der Waals surface area (Å²) >= 11 is 0. The van der Waals surface area contributed by atoms with Gasteiger partial charge in [0.25, 0.3) is 0 Å². The Labute approximate surface area is 133 Å². The molecular weight excluding hydrogens is 258 g/mol. The molecule has 0 heterocycles. The monoisotopic (exact) mass is 297 g/mol. The van der Waals surface area contributed by atoms with Crippen molar-refractivity contribution in [3.8, 4) is 0 Å². The maximum absolute atomic E-state index is 3.82. The van der Waals surface area contributed by atoms with Gasteiger partial charge in [0.1, 0.15) is 0 Å². The maximum Gasteiger partial charge on any atom is 0.0109 e. The molecule has 3 unspecified atom stereocenters. The third kappa shape index (κ3) is 7.62. The van der Waals surface area contributed by atoms with Gasteiger partial charge in [-0.25, -0.2) is 0 Å². The molecule has 126 valence electrons. The molecule has 1 saturated carbocycles. The molecule has 3 heteroatoms. The van der Waals surface area contributed by atoms with Gasteiger partial charge in [0.15, 0.2) is 0 Å². The smallest absolute Gasteiger partial charge is 0.0109 e. The summed E-state index contributed by atoms with van der Waals surface area (Å²) in [4.78, 5) is 5.00. The van der Waals surface area contributed by atoms with Crippen LogP contribution in [0.15, 0.2) is 0 Å². The van der Waals surface area contributed by atoms with Crippen LogP contribution in [0.25, 0.3) is 0 Å². The van der Waals surface area contributed by atoms with E-state index < -0.39 is 0 Å². The number of hydrogen-bond acceptors (Lipinski definition) is 3. The van der Waals surface area contributed by atoms with Crippen molar-refractivity contribution >= 4 is 0 Å². The number of likely N-dealkylation sites (N-methyl/N-ethyl adjacent to an activating group) is 1. The summed E-state index contributed by atoms with van der Waals surface area (Å²) in [6.07, 6.45) is 6.70. The van der Waals surface area contributed by atoms with Crippen LogP contribution in [0.3, 0.4) is 0 Å². The summed E-state index contributed by atoms with van der Waals surface area (Å²) in [5.41, 5.74) is 0. The Balaban J connectivity index is 2.53. The molecule has 1 aliphatic rings. The molecule has 0 amide bonds. The van der Waals surface area contributed by atoms with Crippen molar-refractivity contribution in [2.45, 2.75) is 58.9 Å². The fourth-order valence-corrected chi connectivity index (χ4v) is 3.58. The fourth-order valence-electron chi connectivity index (χ4n) is 3.58. The largest absolute Gasteiger partial charge is 0.314 e. The van der Waals surface area contributed by atoms with Gasteiger partial charge >= 0.3 is 0 Å². The van der Waals surface area contributed by atoms with Crippen LogP contribution in [-0.2, 0) is 0 Å². The molecule has 0 aromatic heterocycles. The number of rotatable bonds is 10. The highest BCUT2D eigenvalue weighted by Crippen LogP contribution is 2.29. The Kier molecular flexibility index (Phi) is 9.54. The normalized spacial score (nSPS) is 26.7. The van der Waals surface area contributed by atoms with Crippen molar-refractivity contribution < 1.29 is 0 Å². The first-order valence-electron chi connectivity index (χ1n) is 9.17. The van der Waals surface area contributed by atoms with Crippen molar-refractivity contribution in [1.82, 2.24) is 15.1 Å². The highest BCUT2D eigenvalue weighted by molar-refractivity contribution is 4.85. The van der Waals surface area contributed by atoms with E-state index in [9.17, 15) is 0 Å². The summed E-state index contributed by atoms with van der Waals surface area (Å²) in [5.74, 6) is 1.75. The first-order chi connectivity index (χ1) is 10.1. The molecule has 0 bridgehead atoms. The van der Waals surface area contributed by atoms with Gasteiger partial charge in [-0.2, -0.15) is 0 Å². The quantitative estimate of drug-likeness (QED) is 0.668. The van der Waals surface area contributed by atoms with E-state index in [-0.39, 0.29) is 0 Å². The average Bonchev–Trinajstić information content (AvgIpc) is 2.44. The Morgan fingerprint density at radius 3 is 2.38 bits per heavy atom. The lowest BCUT2D eigenvalue weighted by molar-refractivity contribution is 0.138. The van der Waals surface area contributed by atoms with E-state index in [1.165, 1.54) is 64.8 Å². The molecule has 1 fully saturated rings. The highest BCUT2D eigenvalue weighted by atomic mass is 15.2. The van der Waals surface area contributed by atoms with E-state index in [2.05, 4.69) is 50.0 Å². The first kappa shape index (κ1) is 18.9. The van der Waals surface area contributed by atoms with Gasteiger partial charge in [-0.05, 0) is 71.1 Å². The van der Waals surface area contributed by atoms with Crippen molar-refractivity contribution in [3.05, 3.63) is 0 Å². The standard InChI is InChI=1S/C18H39N3/c1-6-10-19-18-9-8-16(3)14-17(18)15-21(11-7-2)13-12-20(4)5/h16-19H,6-15H2,1-5H3. The molecule has 3 nitrogen and oxygen atoms in total. The second kappa shape index (κ2) is 10.6. The Bertz CT molecular complexity index is 253. The highest BCUT2D eigenvalue weighted by Gasteiger charge is 2.29. The van der Waals surface area contributed by atoms with Crippen LogP contribution in [0.4, 0.5) is 0 Å². The van der Waals surface area contributed by atoms with Crippen molar-refractivity contribution in [3.63, 3.8) is 0 Å². The van der Waals surface area contributed by atoms with Crippen LogP contribution in [0, 0.1) is 11.8 Å². The van der Waals surface area contributed by atoms with Crippen LogP contribution >= 0.6 is 0 Å². The molecule has 0 saturated heterocycles. The molecule has 0 spiro atoms. The lowest BCUT2D eigenvalue weighted by Gasteiger charge is -2.39. The van der Waals surface area contributed by atoms with Crippen LogP contribution < -0.4 is 5.32 Å². The van der Waals surface area contributed by atoms with Gasteiger partial charge in [-0.1, -0.05) is 20.8 Å². The number of nitrogens with one attached hydrogen (secondary N) is 1. The fraction of sp³-hybridized carbons (Fsp3) is 1.00. The molecule has 3 atom stereocenters. The lowest BCUT2D eigenvalue weighted by atomic mass is 9.78. The van der Waals surface area contributed by atoms with Gasteiger partial charge in [0.05, 0.1) is 0 Å². The van der Waals surface area contributed by atoms with Gasteiger partial charge in [-0.15, -0.1) is 0 Å². The summed E-state index contributed by atoms with van der Waals surface area (Å²) < 4.78 is 0. The van der Waals surface area contributed by atoms with E-state index in [0.717, 1.165) is 17.9 Å². The Hall–Kier alpha value is -0.120. The zero-order chi connectivity index (χ0) is 15.7. The molecule has 0 aromatic carbocycles. The van der Waals surface area contributed by atoms with E-state index in [0.29, 0.717) is 0 Å². The minimum Gasteiger partial charge on any atom is -0.314 e. The van der Waals surface area contributed by atoms with E-state index in [1.54, 1.807) is 0 Å². The summed E-state index contributed by atoms with van der Waals surface area (Å²) in [7, 11) is 4.36. The zero-order valence-electron chi connectivity index (χ0n) is 15.2. The van der Waals surface area contributed by atoms with Crippen LogP contribution in [0.5, 0.6) is 0 Å². The third-order valence-electron chi connectivity index (χ3n) is 4.80. The van der Waals surface area contributed by atoms with E-state index >= 15 is 0 Å². The maximum atomic E-state index is 3.82. The van der Waals surface area contributed by atoms with Crippen LogP contribution in [0.1, 0.15) is 52.9 Å². The van der Waals surface area contributed by atoms with Crippen molar-refractivity contribution in [2.75, 3.05) is 46.8 Å². The second-order valence-corrected chi connectivity index (χ2v) is 7.34. The van der Waals surface area contributed by atoms with Gasteiger partial charge in [0, 0.05) is 25.7 Å². The van der Waals surface area contributed by atoms with Gasteiger partial charge in [0.2, 0.25) is 0 Å². The minimum absolute atomic E-state index is 0.750. The van der Waals surface area contributed by atoms with Crippen molar-refractivity contribution in [1.29, 1.82) is 0 Å². The summed E-state index contributed by atoms with van der Waals surface area (Å²) in [6.45, 7) is 13.1. The topological polar surface area (TPSA) is 18.5 Å². The molecule has 0 aromatic rings. The van der Waals surface area contributed by atoms with Gasteiger partial charge < -0.3 is 15.1 Å². The minimum atomic E-state index is 0.750. The third-order valence-corrected chi connectivity index (χ3v) is 4.80. The zero-order valence-corrected chi connectivity index (χ0v) is 15.2. The predicted octanol–water partition coefficient (Wildman–Crippen LogP) is 3.06. The molecule has 0 radical (unpaired) electrons. The average molecular weight is 298 g/mol. The summed E-state index contributed by atoms with van der Waals surface area (Å²) in [6, 6.07) is 0.750. The van der Waals surface area contributed by atoms with Crippen LogP contribution in [-0.4, -0.2) is 62.7 Å².